The van der Waals surface area contributed by atoms with Crippen LogP contribution in [0.3, 0.4) is 0 Å². The average Bonchev–Trinajstić information content (AvgIpc) is 2.42. The Hall–Kier alpha value is -1.07. The van der Waals surface area contributed by atoms with Crippen LogP contribution in [0.5, 0.6) is 5.75 Å². The quantitative estimate of drug-likeness (QED) is 0.652. The summed E-state index contributed by atoms with van der Waals surface area (Å²) in [4.78, 5) is 0. The highest BCUT2D eigenvalue weighted by Gasteiger charge is 2.13. The van der Waals surface area contributed by atoms with Crippen LogP contribution in [0.2, 0.25) is 0 Å². The molecule has 0 fully saturated rings. The Morgan fingerprint density at radius 1 is 1.19 bits per heavy atom. The van der Waals surface area contributed by atoms with Crippen molar-refractivity contribution in [3.05, 3.63) is 56.7 Å². The summed E-state index contributed by atoms with van der Waals surface area (Å²) in [6, 6.07) is 10.6. The maximum Gasteiger partial charge on any atom is 0.145 e. The Balaban J connectivity index is 2.24. The lowest BCUT2D eigenvalue weighted by atomic mass is 10.1. The van der Waals surface area contributed by atoms with E-state index in [1.54, 1.807) is 6.07 Å². The average molecular weight is 417 g/mol. The molecule has 0 amide bonds. The van der Waals surface area contributed by atoms with Gasteiger partial charge in [-0.3, -0.25) is 0 Å². The van der Waals surface area contributed by atoms with Gasteiger partial charge in [-0.1, -0.05) is 37.9 Å². The number of benzene rings is 2. The predicted octanol–water partition coefficient (Wildman–Crippen LogP) is 5.92. The zero-order valence-corrected chi connectivity index (χ0v) is 15.0. The molecule has 0 aliphatic rings. The minimum Gasteiger partial charge on any atom is -0.492 e. The smallest absolute Gasteiger partial charge is 0.145 e. The molecule has 1 N–H and O–H groups in total. The summed E-state index contributed by atoms with van der Waals surface area (Å²) in [6.07, 6.45) is 0. The Morgan fingerprint density at radius 2 is 1.95 bits per heavy atom. The second-order valence-electron chi connectivity index (χ2n) is 4.61. The van der Waals surface area contributed by atoms with E-state index in [4.69, 9.17) is 4.74 Å². The number of hydrogen-bond donors (Lipinski definition) is 1. The van der Waals surface area contributed by atoms with Crippen LogP contribution in [0.25, 0.3) is 0 Å². The topological polar surface area (TPSA) is 21.3 Å². The summed E-state index contributed by atoms with van der Waals surface area (Å²) in [5.74, 6) is 0.221. The summed E-state index contributed by atoms with van der Waals surface area (Å²) >= 11 is 7.00. The van der Waals surface area contributed by atoms with E-state index in [0.29, 0.717) is 12.4 Å². The highest BCUT2D eigenvalue weighted by molar-refractivity contribution is 9.11. The van der Waals surface area contributed by atoms with Gasteiger partial charge in [0.2, 0.25) is 0 Å². The molecule has 1 unspecified atom stereocenters. The van der Waals surface area contributed by atoms with Gasteiger partial charge in [0.1, 0.15) is 11.6 Å². The maximum atomic E-state index is 13.3. The Labute approximate surface area is 141 Å². The van der Waals surface area contributed by atoms with Crippen molar-refractivity contribution in [1.29, 1.82) is 0 Å². The van der Waals surface area contributed by atoms with Crippen LogP contribution >= 0.6 is 31.9 Å². The molecule has 1 atom stereocenters. The van der Waals surface area contributed by atoms with E-state index >= 15 is 0 Å². The Bertz CT molecular complexity index is 634. The maximum absolute atomic E-state index is 13.3. The fourth-order valence-electron chi connectivity index (χ4n) is 2.05. The third-order valence-electron chi connectivity index (χ3n) is 3.04. The van der Waals surface area contributed by atoms with Gasteiger partial charge >= 0.3 is 0 Å². The van der Waals surface area contributed by atoms with Crippen LogP contribution in [-0.4, -0.2) is 6.61 Å². The molecule has 0 radical (unpaired) electrons. The first-order valence-electron chi connectivity index (χ1n) is 6.65. The Morgan fingerprint density at radius 3 is 2.62 bits per heavy atom. The number of halogens is 3. The summed E-state index contributed by atoms with van der Waals surface area (Å²) in [7, 11) is 0. The fraction of sp³-hybridized carbons (Fsp3) is 0.250. The van der Waals surface area contributed by atoms with E-state index in [1.165, 1.54) is 12.1 Å². The van der Waals surface area contributed by atoms with Gasteiger partial charge in [0.25, 0.3) is 0 Å². The summed E-state index contributed by atoms with van der Waals surface area (Å²) in [6.45, 7) is 4.42. The predicted molar refractivity (Wildman–Crippen MR) is 91.4 cm³/mol. The van der Waals surface area contributed by atoms with E-state index in [9.17, 15) is 4.39 Å². The number of rotatable bonds is 5. The van der Waals surface area contributed by atoms with Crippen molar-refractivity contribution in [3.63, 3.8) is 0 Å². The zero-order chi connectivity index (χ0) is 15.4. The summed E-state index contributed by atoms with van der Waals surface area (Å²) in [5, 5.41) is 3.36. The summed E-state index contributed by atoms with van der Waals surface area (Å²) < 4.78 is 20.8. The summed E-state index contributed by atoms with van der Waals surface area (Å²) in [5.41, 5.74) is 1.89. The molecular formula is C16H16Br2FNO. The lowest BCUT2D eigenvalue weighted by molar-refractivity contribution is 0.339. The second-order valence-corrected chi connectivity index (χ2v) is 6.38. The largest absolute Gasteiger partial charge is 0.492 e. The lowest BCUT2D eigenvalue weighted by Gasteiger charge is -2.19. The van der Waals surface area contributed by atoms with Crippen LogP contribution in [-0.2, 0) is 0 Å². The molecule has 2 aromatic rings. The molecule has 0 spiro atoms. The first-order valence-corrected chi connectivity index (χ1v) is 8.23. The van der Waals surface area contributed by atoms with Crippen LogP contribution in [0.15, 0.2) is 45.3 Å². The molecule has 0 bridgehead atoms. The molecular weight excluding hydrogens is 401 g/mol. The highest BCUT2D eigenvalue weighted by atomic mass is 79.9. The van der Waals surface area contributed by atoms with Crippen molar-refractivity contribution in [2.75, 3.05) is 11.9 Å². The lowest BCUT2D eigenvalue weighted by Crippen LogP contribution is -2.09. The van der Waals surface area contributed by atoms with E-state index in [1.807, 2.05) is 32.0 Å². The van der Waals surface area contributed by atoms with Gasteiger partial charge in [-0.15, -0.1) is 0 Å². The molecule has 0 heterocycles. The van der Waals surface area contributed by atoms with Gasteiger partial charge in [-0.05, 0) is 43.7 Å². The number of nitrogens with one attached hydrogen (secondary N) is 1. The molecule has 2 aromatic carbocycles. The molecule has 0 saturated carbocycles. The standard InChI is InChI=1S/C16H16Br2FNO/c1-3-21-16-9-12(19)5-7-15(16)20-10(2)13-6-4-11(17)8-14(13)18/h4-10,20H,3H2,1-2H3. The van der Waals surface area contributed by atoms with E-state index in [2.05, 4.69) is 37.2 Å². The molecule has 5 heteroatoms. The monoisotopic (exact) mass is 415 g/mol. The van der Waals surface area contributed by atoms with Gasteiger partial charge in [-0.2, -0.15) is 0 Å². The van der Waals surface area contributed by atoms with E-state index in [-0.39, 0.29) is 11.9 Å². The molecule has 112 valence electrons. The van der Waals surface area contributed by atoms with Crippen LogP contribution < -0.4 is 10.1 Å². The molecule has 0 aliphatic carbocycles. The third kappa shape index (κ3) is 4.20. The number of ether oxygens (including phenoxy) is 1. The highest BCUT2D eigenvalue weighted by Crippen LogP contribution is 2.32. The molecule has 2 rings (SSSR count). The molecule has 0 aromatic heterocycles. The van der Waals surface area contributed by atoms with Gasteiger partial charge in [0, 0.05) is 21.1 Å². The molecule has 0 saturated heterocycles. The van der Waals surface area contributed by atoms with Crippen LogP contribution in [0.1, 0.15) is 25.5 Å². The first kappa shape index (κ1) is 16.3. The second kappa shape index (κ2) is 7.27. The van der Waals surface area contributed by atoms with Crippen molar-refractivity contribution in [2.45, 2.75) is 19.9 Å². The third-order valence-corrected chi connectivity index (χ3v) is 4.22. The van der Waals surface area contributed by atoms with E-state index in [0.717, 1.165) is 20.2 Å². The van der Waals surface area contributed by atoms with Crippen molar-refractivity contribution in [3.8, 4) is 5.75 Å². The first-order chi connectivity index (χ1) is 10.0. The van der Waals surface area contributed by atoms with Crippen LogP contribution in [0, 0.1) is 5.82 Å². The van der Waals surface area contributed by atoms with Gasteiger partial charge < -0.3 is 10.1 Å². The minimum absolute atomic E-state index is 0.0529. The van der Waals surface area contributed by atoms with Gasteiger partial charge in [0.05, 0.1) is 12.3 Å². The molecule has 2 nitrogen and oxygen atoms in total. The Kier molecular flexibility index (Phi) is 5.65. The SMILES string of the molecule is CCOc1cc(F)ccc1NC(C)c1ccc(Br)cc1Br. The fourth-order valence-corrected chi connectivity index (χ4v) is 3.44. The van der Waals surface area contributed by atoms with Crippen molar-refractivity contribution in [2.24, 2.45) is 0 Å². The van der Waals surface area contributed by atoms with Crippen LogP contribution in [0.4, 0.5) is 10.1 Å². The number of anilines is 1. The molecule has 0 aliphatic heterocycles. The normalized spacial score (nSPS) is 12.0. The molecule has 21 heavy (non-hydrogen) atoms. The van der Waals surface area contributed by atoms with Crippen molar-refractivity contribution >= 4 is 37.5 Å². The van der Waals surface area contributed by atoms with Crippen molar-refractivity contribution < 1.29 is 9.13 Å². The van der Waals surface area contributed by atoms with Gasteiger partial charge in [-0.25, -0.2) is 4.39 Å². The van der Waals surface area contributed by atoms with Crippen molar-refractivity contribution in [1.82, 2.24) is 0 Å². The number of hydrogen-bond acceptors (Lipinski definition) is 2. The van der Waals surface area contributed by atoms with E-state index < -0.39 is 0 Å². The minimum atomic E-state index is -0.304. The zero-order valence-electron chi connectivity index (χ0n) is 11.8. The van der Waals surface area contributed by atoms with Gasteiger partial charge in [0.15, 0.2) is 0 Å².